The molecule has 0 unspecified atom stereocenters. The number of carbonyl (C=O) groups excluding carboxylic acids is 2. The Morgan fingerprint density at radius 1 is 0.814 bits per heavy atom. The molecular formula is C49H48ClN5O4. The summed E-state index contributed by atoms with van der Waals surface area (Å²) < 4.78 is 13.1. The lowest BCUT2D eigenvalue weighted by Gasteiger charge is -2.29. The number of rotatable bonds is 9. The van der Waals surface area contributed by atoms with E-state index in [0.29, 0.717) is 64.1 Å². The molecule has 0 radical (unpaired) electrons. The van der Waals surface area contributed by atoms with Gasteiger partial charge in [-0.2, -0.15) is 5.26 Å². The van der Waals surface area contributed by atoms with Crippen LogP contribution in [0.1, 0.15) is 54.2 Å². The van der Waals surface area contributed by atoms with Crippen molar-refractivity contribution >= 4 is 29.1 Å². The molecule has 59 heavy (non-hydrogen) atoms. The van der Waals surface area contributed by atoms with Gasteiger partial charge in [-0.15, -0.1) is 0 Å². The zero-order valence-corrected chi connectivity index (χ0v) is 34.5. The second-order valence-corrected chi connectivity index (χ2v) is 15.3. The van der Waals surface area contributed by atoms with Crippen LogP contribution in [0.5, 0.6) is 5.75 Å². The summed E-state index contributed by atoms with van der Waals surface area (Å²) in [6.45, 7) is 7.65. The summed E-state index contributed by atoms with van der Waals surface area (Å²) in [5.74, 6) is 0.343. The van der Waals surface area contributed by atoms with Gasteiger partial charge < -0.3 is 28.7 Å². The summed E-state index contributed by atoms with van der Waals surface area (Å²) in [7, 11) is 4.00. The van der Waals surface area contributed by atoms with Gasteiger partial charge in [0.1, 0.15) is 12.4 Å². The van der Waals surface area contributed by atoms with Gasteiger partial charge in [-0.1, -0.05) is 84.4 Å². The first kappa shape index (κ1) is 41.0. The number of likely N-dealkylation sites (N-methyl/N-ethyl adjacent to an activating group) is 1. The molecule has 0 saturated carbocycles. The molecule has 0 N–H and O–H groups in total. The van der Waals surface area contributed by atoms with Crippen molar-refractivity contribution in [3.05, 3.63) is 177 Å². The lowest BCUT2D eigenvalue weighted by Crippen LogP contribution is -2.36. The van der Waals surface area contributed by atoms with Crippen molar-refractivity contribution in [3.63, 3.8) is 0 Å². The zero-order chi connectivity index (χ0) is 41.3. The molecule has 2 aliphatic rings. The van der Waals surface area contributed by atoms with Crippen molar-refractivity contribution in [1.82, 2.24) is 14.4 Å². The Bertz CT molecular complexity index is 2450. The number of hydrogen-bond donors (Lipinski definition) is 0. The van der Waals surface area contributed by atoms with Crippen LogP contribution in [0.3, 0.4) is 0 Å². The van der Waals surface area contributed by atoms with E-state index < -0.39 is 0 Å². The van der Waals surface area contributed by atoms with Crippen molar-refractivity contribution in [2.24, 2.45) is 7.05 Å². The second-order valence-electron chi connectivity index (χ2n) is 14.9. The standard InChI is InChI=1S/C44H37ClN4O3.C5H11NO/c1-30-40(25-42(47(30)2)41-24-36(45)16-21-39(41)43(50)48-23-22-32-12-6-8-14-34(32)27-48)44(51)49(28-35-15-9-7-13-33(35)26-46)37-17-19-38(20-18-37)52-29-31-10-4-3-5-11-31;1-6-2-4-7-5-3-6/h3-21,24-25H,22-23,27-29H2,1-2H3;2-5H2,1H3. The molecule has 2 aliphatic heterocycles. The first-order valence-electron chi connectivity index (χ1n) is 19.9. The highest BCUT2D eigenvalue weighted by Crippen LogP contribution is 2.34. The molecule has 5 aromatic carbocycles. The number of ether oxygens (including phenoxy) is 2. The number of nitriles is 1. The van der Waals surface area contributed by atoms with Crippen LogP contribution in [0.15, 0.2) is 127 Å². The Morgan fingerprint density at radius 2 is 1.51 bits per heavy atom. The molecule has 10 heteroatoms. The van der Waals surface area contributed by atoms with Crippen molar-refractivity contribution in [3.8, 4) is 23.1 Å². The van der Waals surface area contributed by atoms with E-state index in [-0.39, 0.29) is 18.4 Å². The van der Waals surface area contributed by atoms with Crippen LogP contribution in [0.25, 0.3) is 11.3 Å². The maximum Gasteiger partial charge on any atom is 0.260 e. The van der Waals surface area contributed by atoms with Gasteiger partial charge in [0.2, 0.25) is 0 Å². The highest BCUT2D eigenvalue weighted by atomic mass is 35.5. The molecule has 8 rings (SSSR count). The summed E-state index contributed by atoms with van der Waals surface area (Å²) >= 11 is 6.56. The first-order chi connectivity index (χ1) is 28.7. The Balaban J connectivity index is 0.000000684. The molecule has 6 aromatic rings. The van der Waals surface area contributed by atoms with Gasteiger partial charge in [-0.3, -0.25) is 9.59 Å². The summed E-state index contributed by atoms with van der Waals surface area (Å²) in [4.78, 5) is 34.7. The van der Waals surface area contributed by atoms with Gasteiger partial charge in [0.05, 0.1) is 37.0 Å². The van der Waals surface area contributed by atoms with Crippen molar-refractivity contribution in [2.45, 2.75) is 33.0 Å². The Hall–Kier alpha value is -6.18. The third-order valence-electron chi connectivity index (χ3n) is 11.0. The van der Waals surface area contributed by atoms with Crippen molar-refractivity contribution in [1.29, 1.82) is 5.26 Å². The third-order valence-corrected chi connectivity index (χ3v) is 11.2. The fourth-order valence-electron chi connectivity index (χ4n) is 7.41. The molecule has 300 valence electrons. The SMILES string of the molecule is CN1CCOCC1.Cc1c(C(=O)N(Cc2ccccc2C#N)c2ccc(OCc3ccccc3)cc2)cc(-c2cc(Cl)ccc2C(=O)N2CCc3ccccc3C2)n1C. The van der Waals surface area contributed by atoms with Gasteiger partial charge in [0.15, 0.2) is 0 Å². The van der Waals surface area contributed by atoms with Crippen LogP contribution >= 0.6 is 11.6 Å². The minimum atomic E-state index is -0.243. The zero-order valence-electron chi connectivity index (χ0n) is 33.7. The highest BCUT2D eigenvalue weighted by molar-refractivity contribution is 6.31. The molecule has 0 atom stereocenters. The van der Waals surface area contributed by atoms with Crippen LogP contribution in [0, 0.1) is 18.3 Å². The number of amides is 2. The number of benzene rings is 5. The van der Waals surface area contributed by atoms with Gasteiger partial charge in [-0.05, 0) is 97.2 Å². The predicted molar refractivity (Wildman–Crippen MR) is 233 cm³/mol. The van der Waals surface area contributed by atoms with E-state index in [2.05, 4.69) is 30.1 Å². The van der Waals surface area contributed by atoms with Crippen molar-refractivity contribution in [2.75, 3.05) is 44.8 Å². The predicted octanol–water partition coefficient (Wildman–Crippen LogP) is 9.10. The van der Waals surface area contributed by atoms with E-state index in [9.17, 15) is 14.9 Å². The number of carbonyl (C=O) groups is 2. The number of aromatic nitrogens is 1. The first-order valence-corrected chi connectivity index (χ1v) is 20.2. The smallest absolute Gasteiger partial charge is 0.260 e. The lowest BCUT2D eigenvalue weighted by atomic mass is 9.97. The van der Waals surface area contributed by atoms with E-state index >= 15 is 0 Å². The summed E-state index contributed by atoms with van der Waals surface area (Å²) in [5, 5.41) is 10.4. The average molecular weight is 806 g/mol. The van der Waals surface area contributed by atoms with Gasteiger partial charge >= 0.3 is 0 Å². The van der Waals surface area contributed by atoms with Gasteiger partial charge in [0.25, 0.3) is 11.8 Å². The molecule has 2 amide bonds. The molecule has 1 aromatic heterocycles. The summed E-state index contributed by atoms with van der Waals surface area (Å²) in [6, 6.07) is 42.3. The van der Waals surface area contributed by atoms with E-state index in [1.165, 1.54) is 5.56 Å². The molecule has 1 fully saturated rings. The number of anilines is 1. The largest absolute Gasteiger partial charge is 0.489 e. The number of halogens is 1. The summed E-state index contributed by atoms with van der Waals surface area (Å²) in [6.07, 6.45) is 0.789. The number of nitrogens with zero attached hydrogens (tertiary/aromatic N) is 5. The van der Waals surface area contributed by atoms with E-state index in [1.807, 2.05) is 114 Å². The van der Waals surface area contributed by atoms with Crippen LogP contribution in [0.2, 0.25) is 5.02 Å². The van der Waals surface area contributed by atoms with Crippen LogP contribution in [-0.2, 0) is 37.9 Å². The van der Waals surface area contributed by atoms with E-state index in [0.717, 1.165) is 55.1 Å². The minimum absolute atomic E-state index is 0.0859. The number of morpholine rings is 1. The molecule has 0 spiro atoms. The van der Waals surface area contributed by atoms with E-state index in [1.54, 1.807) is 29.2 Å². The van der Waals surface area contributed by atoms with Crippen LogP contribution < -0.4 is 9.64 Å². The molecular weight excluding hydrogens is 758 g/mol. The fourth-order valence-corrected chi connectivity index (χ4v) is 7.58. The molecule has 0 aliphatic carbocycles. The minimum Gasteiger partial charge on any atom is -0.489 e. The van der Waals surface area contributed by atoms with Gasteiger partial charge in [0, 0.05) is 66.5 Å². The third kappa shape index (κ3) is 9.76. The van der Waals surface area contributed by atoms with Crippen LogP contribution in [0.4, 0.5) is 5.69 Å². The number of hydrogen-bond acceptors (Lipinski definition) is 6. The molecule has 0 bridgehead atoms. The monoisotopic (exact) mass is 805 g/mol. The molecule has 1 saturated heterocycles. The Morgan fingerprint density at radius 3 is 2.22 bits per heavy atom. The average Bonchev–Trinajstić information content (AvgIpc) is 3.58. The highest BCUT2D eigenvalue weighted by Gasteiger charge is 2.28. The maximum absolute atomic E-state index is 14.7. The second kappa shape index (κ2) is 19.0. The van der Waals surface area contributed by atoms with Gasteiger partial charge in [-0.25, -0.2) is 0 Å². The van der Waals surface area contributed by atoms with Crippen LogP contribution in [-0.4, -0.2) is 66.1 Å². The van der Waals surface area contributed by atoms with Crippen molar-refractivity contribution < 1.29 is 19.1 Å². The fraction of sp³-hybridized carbons (Fsp3) is 0.245. The Labute approximate surface area is 351 Å². The summed E-state index contributed by atoms with van der Waals surface area (Å²) in [5.41, 5.74) is 8.42. The topological polar surface area (TPSA) is 91.0 Å². The Kier molecular flexibility index (Phi) is 13.2. The van der Waals surface area contributed by atoms with E-state index in [4.69, 9.17) is 21.1 Å². The molecule has 3 heterocycles. The quantitative estimate of drug-likeness (QED) is 0.145. The normalized spacial score (nSPS) is 13.7. The number of fused-ring (bicyclic) bond motifs is 1. The maximum atomic E-state index is 14.7. The lowest BCUT2D eigenvalue weighted by molar-refractivity contribution is 0.0503. The molecule has 9 nitrogen and oxygen atoms in total.